The van der Waals surface area contributed by atoms with Crippen LogP contribution in [0.5, 0.6) is 5.19 Å². The van der Waals surface area contributed by atoms with Gasteiger partial charge in [0, 0.05) is 0 Å². The minimum Gasteiger partial charge on any atom is -0.473 e. The second-order valence-electron chi connectivity index (χ2n) is 3.06. The average molecular weight is 253 g/mol. The number of rotatable bonds is 4. The fraction of sp³-hybridized carbons (Fsp3) is 0.273. The van der Waals surface area contributed by atoms with Crippen LogP contribution in [0.2, 0.25) is 0 Å². The van der Waals surface area contributed by atoms with Gasteiger partial charge in [-0.3, -0.25) is 0 Å². The van der Waals surface area contributed by atoms with Crippen molar-refractivity contribution < 1.29 is 18.7 Å². The zero-order valence-corrected chi connectivity index (χ0v) is 10.2. The molecule has 0 aliphatic rings. The Morgan fingerprint density at radius 1 is 1.59 bits per heavy atom. The summed E-state index contributed by atoms with van der Waals surface area (Å²) in [5.41, 5.74) is 0.454. The summed E-state index contributed by atoms with van der Waals surface area (Å²) in [5.74, 6) is 0.104. The highest BCUT2D eigenvalue weighted by Crippen LogP contribution is 2.33. The Balaban J connectivity index is 2.43. The zero-order valence-electron chi connectivity index (χ0n) is 9.43. The molecular formula is C11H11NO4S. The van der Waals surface area contributed by atoms with Crippen LogP contribution in [0.15, 0.2) is 22.8 Å². The molecule has 0 radical (unpaired) electrons. The number of hydrogen-bond donors (Lipinski definition) is 0. The highest BCUT2D eigenvalue weighted by atomic mass is 32.1. The predicted octanol–water partition coefficient (Wildman–Crippen LogP) is 2.59. The summed E-state index contributed by atoms with van der Waals surface area (Å²) < 4.78 is 15.2. The Kier molecular flexibility index (Phi) is 3.43. The van der Waals surface area contributed by atoms with E-state index >= 15 is 0 Å². The molecule has 2 aromatic rings. The van der Waals surface area contributed by atoms with Gasteiger partial charge in [0.15, 0.2) is 5.76 Å². The van der Waals surface area contributed by atoms with E-state index in [0.29, 0.717) is 28.1 Å². The first-order valence-electron chi connectivity index (χ1n) is 5.02. The van der Waals surface area contributed by atoms with Gasteiger partial charge in [-0.15, -0.1) is 0 Å². The lowest BCUT2D eigenvalue weighted by Gasteiger charge is -1.99. The first-order chi connectivity index (χ1) is 8.26. The van der Waals surface area contributed by atoms with Crippen molar-refractivity contribution >= 4 is 17.3 Å². The van der Waals surface area contributed by atoms with Crippen LogP contribution in [0, 0.1) is 0 Å². The number of furan rings is 1. The third kappa shape index (κ3) is 2.31. The Hall–Kier alpha value is -1.82. The number of carbonyl (C=O) groups excluding carboxylic acids is 1. The molecule has 2 rings (SSSR count). The van der Waals surface area contributed by atoms with E-state index in [2.05, 4.69) is 4.98 Å². The second kappa shape index (κ2) is 5.01. The number of ether oxygens (including phenoxy) is 2. The molecule has 0 unspecified atom stereocenters. The molecular weight excluding hydrogens is 242 g/mol. The summed E-state index contributed by atoms with van der Waals surface area (Å²) in [5, 5.41) is 0.402. The molecule has 90 valence electrons. The van der Waals surface area contributed by atoms with Crippen molar-refractivity contribution in [2.45, 2.75) is 6.92 Å². The highest BCUT2D eigenvalue weighted by Gasteiger charge is 2.22. The molecule has 6 heteroatoms. The fourth-order valence-electron chi connectivity index (χ4n) is 1.30. The Morgan fingerprint density at radius 3 is 3.00 bits per heavy atom. The molecule has 0 saturated carbocycles. The maximum Gasteiger partial charge on any atom is 0.350 e. The van der Waals surface area contributed by atoms with Crippen LogP contribution < -0.4 is 4.74 Å². The molecule has 0 fully saturated rings. The van der Waals surface area contributed by atoms with Gasteiger partial charge in [0.05, 0.1) is 20.0 Å². The van der Waals surface area contributed by atoms with E-state index in [1.165, 1.54) is 13.4 Å². The van der Waals surface area contributed by atoms with Crippen molar-refractivity contribution in [2.75, 3.05) is 13.7 Å². The van der Waals surface area contributed by atoms with Gasteiger partial charge in [-0.2, -0.15) is 4.98 Å². The molecule has 0 atom stereocenters. The third-order valence-electron chi connectivity index (χ3n) is 2.00. The van der Waals surface area contributed by atoms with Gasteiger partial charge in [0.25, 0.3) is 5.19 Å². The molecule has 0 aliphatic heterocycles. The van der Waals surface area contributed by atoms with E-state index in [4.69, 9.17) is 13.9 Å². The fourth-order valence-corrected chi connectivity index (χ4v) is 2.08. The minimum atomic E-state index is -0.417. The van der Waals surface area contributed by atoms with Crippen LogP contribution in [0.1, 0.15) is 16.6 Å². The molecule has 17 heavy (non-hydrogen) atoms. The first-order valence-corrected chi connectivity index (χ1v) is 5.83. The zero-order chi connectivity index (χ0) is 12.3. The topological polar surface area (TPSA) is 61.6 Å². The van der Waals surface area contributed by atoms with Crippen molar-refractivity contribution in [2.24, 2.45) is 0 Å². The van der Waals surface area contributed by atoms with E-state index in [0.717, 1.165) is 11.3 Å². The summed E-state index contributed by atoms with van der Waals surface area (Å²) in [4.78, 5) is 16.3. The van der Waals surface area contributed by atoms with Gasteiger partial charge in [-0.05, 0) is 19.1 Å². The Bertz CT molecular complexity index is 504. The lowest BCUT2D eigenvalue weighted by molar-refractivity contribution is 0.0532. The van der Waals surface area contributed by atoms with E-state index in [-0.39, 0.29) is 0 Å². The lowest BCUT2D eigenvalue weighted by Crippen LogP contribution is -2.03. The molecule has 2 heterocycles. The molecule has 5 nitrogen and oxygen atoms in total. The maximum absolute atomic E-state index is 11.7. The number of methoxy groups -OCH3 is 1. The van der Waals surface area contributed by atoms with Crippen LogP contribution >= 0.6 is 11.3 Å². The number of hydrogen-bond acceptors (Lipinski definition) is 6. The SMILES string of the molecule is CCOC(=O)c1sc(OC)nc1-c1ccco1. The molecule has 0 bridgehead atoms. The Morgan fingerprint density at radius 2 is 2.41 bits per heavy atom. The van der Waals surface area contributed by atoms with Crippen molar-refractivity contribution in [3.8, 4) is 16.6 Å². The van der Waals surface area contributed by atoms with Crippen molar-refractivity contribution in [3.63, 3.8) is 0 Å². The van der Waals surface area contributed by atoms with E-state index in [1.54, 1.807) is 19.1 Å². The van der Waals surface area contributed by atoms with Gasteiger partial charge in [0.2, 0.25) is 0 Å². The minimum absolute atomic E-state index is 0.316. The van der Waals surface area contributed by atoms with E-state index in [1.807, 2.05) is 0 Å². The Labute approximate surface area is 102 Å². The summed E-state index contributed by atoms with van der Waals surface area (Å²) in [6.07, 6.45) is 1.52. The van der Waals surface area contributed by atoms with Crippen molar-refractivity contribution in [3.05, 3.63) is 23.3 Å². The number of carbonyl (C=O) groups is 1. The molecule has 0 saturated heterocycles. The number of esters is 1. The third-order valence-corrected chi connectivity index (χ3v) is 2.99. The van der Waals surface area contributed by atoms with Crippen LogP contribution in [-0.4, -0.2) is 24.7 Å². The number of aromatic nitrogens is 1. The molecule has 0 aliphatic carbocycles. The summed E-state index contributed by atoms with van der Waals surface area (Å²) >= 11 is 1.14. The van der Waals surface area contributed by atoms with E-state index in [9.17, 15) is 4.79 Å². The van der Waals surface area contributed by atoms with Crippen molar-refractivity contribution in [1.82, 2.24) is 4.98 Å². The van der Waals surface area contributed by atoms with Gasteiger partial charge in [-0.1, -0.05) is 11.3 Å². The van der Waals surface area contributed by atoms with Crippen molar-refractivity contribution in [1.29, 1.82) is 0 Å². The smallest absolute Gasteiger partial charge is 0.350 e. The predicted molar refractivity (Wildman–Crippen MR) is 62.3 cm³/mol. The largest absolute Gasteiger partial charge is 0.473 e. The normalized spacial score (nSPS) is 10.2. The van der Waals surface area contributed by atoms with E-state index < -0.39 is 5.97 Å². The van der Waals surface area contributed by atoms with Gasteiger partial charge >= 0.3 is 5.97 Å². The first kappa shape index (κ1) is 11.7. The highest BCUT2D eigenvalue weighted by molar-refractivity contribution is 7.15. The molecule has 0 amide bonds. The number of nitrogens with zero attached hydrogens (tertiary/aromatic N) is 1. The molecule has 0 spiro atoms. The number of thiazole rings is 1. The quantitative estimate of drug-likeness (QED) is 0.784. The summed E-state index contributed by atoms with van der Waals surface area (Å²) in [7, 11) is 1.50. The molecule has 2 aromatic heterocycles. The van der Waals surface area contributed by atoms with Gasteiger partial charge < -0.3 is 13.9 Å². The molecule has 0 aromatic carbocycles. The van der Waals surface area contributed by atoms with Crippen LogP contribution in [0.25, 0.3) is 11.5 Å². The maximum atomic E-state index is 11.7. The van der Waals surface area contributed by atoms with Crippen LogP contribution in [-0.2, 0) is 4.74 Å². The molecule has 0 N–H and O–H groups in total. The van der Waals surface area contributed by atoms with Gasteiger partial charge in [0.1, 0.15) is 10.6 Å². The van der Waals surface area contributed by atoms with Crippen LogP contribution in [0.3, 0.4) is 0 Å². The van der Waals surface area contributed by atoms with Gasteiger partial charge in [-0.25, -0.2) is 4.79 Å². The summed E-state index contributed by atoms with van der Waals surface area (Å²) in [6.45, 7) is 2.07. The lowest BCUT2D eigenvalue weighted by atomic mass is 10.3. The van der Waals surface area contributed by atoms with Crippen LogP contribution in [0.4, 0.5) is 0 Å². The second-order valence-corrected chi connectivity index (χ2v) is 4.02. The standard InChI is InChI=1S/C11H11NO4S/c1-3-15-10(13)9-8(7-5-4-6-16-7)12-11(14-2)17-9/h4-6H,3H2,1-2H3. The average Bonchev–Trinajstić information content (AvgIpc) is 2.98. The summed E-state index contributed by atoms with van der Waals surface area (Å²) in [6, 6.07) is 3.47. The monoisotopic (exact) mass is 253 g/mol.